The van der Waals surface area contributed by atoms with Crippen molar-refractivity contribution in [2.45, 2.75) is 18.3 Å². The largest absolute Gasteiger partial charge is 0.392 e. The maximum absolute atomic E-state index is 11.0. The minimum Gasteiger partial charge on any atom is -0.392 e. The third-order valence-corrected chi connectivity index (χ3v) is 1.80. The summed E-state index contributed by atoms with van der Waals surface area (Å²) in [5, 5.41) is 35.6. The average Bonchev–Trinajstić information content (AvgIpc) is 2.08. The van der Waals surface area contributed by atoms with Crippen LogP contribution in [0.15, 0.2) is 11.6 Å². The number of hydrogen-bond donors (Lipinski definition) is 4. The summed E-state index contributed by atoms with van der Waals surface area (Å²) in [6.07, 6.45) is -3.38. The molecule has 1 aliphatic rings. The van der Waals surface area contributed by atoms with Gasteiger partial charge in [-0.3, -0.25) is 4.79 Å². The Morgan fingerprint density at radius 2 is 1.92 bits per heavy atom. The van der Waals surface area contributed by atoms with Crippen LogP contribution in [0.1, 0.15) is 0 Å². The van der Waals surface area contributed by atoms with Crippen molar-refractivity contribution < 1.29 is 25.2 Å². The second-order valence-electron chi connectivity index (χ2n) is 2.64. The molecule has 3 atom stereocenters. The summed E-state index contributed by atoms with van der Waals surface area (Å²) in [7, 11) is 0. The van der Waals surface area contributed by atoms with Gasteiger partial charge in [0.25, 0.3) is 0 Å². The first kappa shape index (κ1) is 9.34. The van der Waals surface area contributed by atoms with Crippen LogP contribution in [-0.2, 0) is 4.79 Å². The van der Waals surface area contributed by atoms with E-state index in [1.54, 1.807) is 0 Å². The molecule has 68 valence electrons. The summed E-state index contributed by atoms with van der Waals surface area (Å²) in [5.41, 5.74) is -0.0692. The first-order valence-electron chi connectivity index (χ1n) is 3.48. The zero-order valence-electron chi connectivity index (χ0n) is 6.21. The Bertz CT molecular complexity index is 222. The molecule has 0 aromatic heterocycles. The molecule has 0 spiro atoms. The SMILES string of the molecule is O=C1C(CO)=C[C@H](O)[C@H](O)[C@@H]1O. The highest BCUT2D eigenvalue weighted by atomic mass is 16.4. The van der Waals surface area contributed by atoms with E-state index in [1.807, 2.05) is 0 Å². The monoisotopic (exact) mass is 174 g/mol. The van der Waals surface area contributed by atoms with E-state index < -0.39 is 30.7 Å². The van der Waals surface area contributed by atoms with Crippen molar-refractivity contribution in [2.24, 2.45) is 0 Å². The number of ketones is 1. The molecule has 0 fully saturated rings. The lowest BCUT2D eigenvalue weighted by Crippen LogP contribution is -2.46. The van der Waals surface area contributed by atoms with Crippen LogP contribution in [0.25, 0.3) is 0 Å². The molecule has 0 aromatic rings. The van der Waals surface area contributed by atoms with Gasteiger partial charge < -0.3 is 20.4 Å². The fourth-order valence-corrected chi connectivity index (χ4v) is 1.05. The van der Waals surface area contributed by atoms with Crippen LogP contribution in [0.3, 0.4) is 0 Å². The van der Waals surface area contributed by atoms with Crippen molar-refractivity contribution in [3.63, 3.8) is 0 Å². The van der Waals surface area contributed by atoms with Crippen LogP contribution in [-0.4, -0.2) is 51.1 Å². The van der Waals surface area contributed by atoms with E-state index in [-0.39, 0.29) is 5.57 Å². The zero-order valence-corrected chi connectivity index (χ0v) is 6.21. The summed E-state index contributed by atoms with van der Waals surface area (Å²) < 4.78 is 0. The van der Waals surface area contributed by atoms with Crippen molar-refractivity contribution in [2.75, 3.05) is 6.61 Å². The van der Waals surface area contributed by atoms with E-state index in [0.717, 1.165) is 6.08 Å². The molecule has 0 aromatic carbocycles. The number of aliphatic hydroxyl groups is 4. The Kier molecular flexibility index (Phi) is 2.58. The Morgan fingerprint density at radius 1 is 1.33 bits per heavy atom. The van der Waals surface area contributed by atoms with E-state index in [9.17, 15) is 4.79 Å². The first-order valence-corrected chi connectivity index (χ1v) is 3.48. The van der Waals surface area contributed by atoms with Gasteiger partial charge in [0.05, 0.1) is 6.61 Å². The molecular formula is C7H10O5. The van der Waals surface area contributed by atoms with Gasteiger partial charge in [0.1, 0.15) is 18.3 Å². The third-order valence-electron chi connectivity index (χ3n) is 1.80. The van der Waals surface area contributed by atoms with Gasteiger partial charge in [-0.15, -0.1) is 0 Å². The second-order valence-corrected chi connectivity index (χ2v) is 2.64. The van der Waals surface area contributed by atoms with Crippen molar-refractivity contribution >= 4 is 5.78 Å². The Morgan fingerprint density at radius 3 is 2.42 bits per heavy atom. The quantitative estimate of drug-likeness (QED) is 0.354. The molecule has 0 radical (unpaired) electrons. The number of hydrogen-bond acceptors (Lipinski definition) is 5. The summed E-state index contributed by atoms with van der Waals surface area (Å²) in [6, 6.07) is 0. The lowest BCUT2D eigenvalue weighted by Gasteiger charge is -2.25. The average molecular weight is 174 g/mol. The van der Waals surface area contributed by atoms with Gasteiger partial charge in [-0.1, -0.05) is 0 Å². The highest BCUT2D eigenvalue weighted by Gasteiger charge is 2.35. The molecule has 0 aliphatic heterocycles. The molecule has 0 saturated carbocycles. The van der Waals surface area contributed by atoms with Gasteiger partial charge in [0.2, 0.25) is 0 Å². The van der Waals surface area contributed by atoms with Crippen LogP contribution < -0.4 is 0 Å². The number of Topliss-reactive ketones (excluding diaryl/α,β-unsaturated/α-hetero) is 1. The highest BCUT2D eigenvalue weighted by molar-refractivity contribution is 6.00. The lowest BCUT2D eigenvalue weighted by atomic mass is 9.91. The highest BCUT2D eigenvalue weighted by Crippen LogP contribution is 2.15. The normalized spacial score (nSPS) is 36.5. The molecule has 0 heterocycles. The molecule has 1 aliphatic carbocycles. The van der Waals surface area contributed by atoms with E-state index in [1.165, 1.54) is 0 Å². The van der Waals surface area contributed by atoms with Gasteiger partial charge in [0, 0.05) is 5.57 Å². The van der Waals surface area contributed by atoms with E-state index >= 15 is 0 Å². The topological polar surface area (TPSA) is 98.0 Å². The maximum atomic E-state index is 11.0. The second kappa shape index (κ2) is 3.32. The molecule has 5 nitrogen and oxygen atoms in total. The molecule has 12 heavy (non-hydrogen) atoms. The number of carbonyl (C=O) groups is 1. The van der Waals surface area contributed by atoms with E-state index in [4.69, 9.17) is 20.4 Å². The lowest BCUT2D eigenvalue weighted by molar-refractivity contribution is -0.135. The van der Waals surface area contributed by atoms with Crippen molar-refractivity contribution in [1.82, 2.24) is 0 Å². The molecule has 4 N–H and O–H groups in total. The van der Waals surface area contributed by atoms with Gasteiger partial charge >= 0.3 is 0 Å². The summed E-state index contributed by atoms with van der Waals surface area (Å²) in [6.45, 7) is -0.542. The fourth-order valence-electron chi connectivity index (χ4n) is 1.05. The zero-order chi connectivity index (χ0) is 9.30. The van der Waals surface area contributed by atoms with Gasteiger partial charge in [0.15, 0.2) is 5.78 Å². The maximum Gasteiger partial charge on any atom is 0.192 e. The Labute approximate surface area is 68.6 Å². The standard InChI is InChI=1S/C7H10O5/c8-2-3-1-4(9)6(11)7(12)5(3)10/h1,4,6-9,11-12H,2H2/t4-,6-,7+/m0/s1. The number of rotatable bonds is 1. The molecular weight excluding hydrogens is 164 g/mol. The predicted molar refractivity (Wildman–Crippen MR) is 38.2 cm³/mol. The first-order chi connectivity index (χ1) is 5.57. The van der Waals surface area contributed by atoms with Crippen molar-refractivity contribution in [3.05, 3.63) is 11.6 Å². The molecule has 0 saturated heterocycles. The molecule has 0 unspecified atom stereocenters. The minimum atomic E-state index is -1.63. The van der Waals surface area contributed by atoms with Gasteiger partial charge in [-0.05, 0) is 6.08 Å². The van der Waals surface area contributed by atoms with Crippen LogP contribution in [0, 0.1) is 0 Å². The molecule has 0 bridgehead atoms. The number of aliphatic hydroxyl groups excluding tert-OH is 4. The Balaban J connectivity index is 2.92. The fraction of sp³-hybridized carbons (Fsp3) is 0.571. The molecule has 0 amide bonds. The van der Waals surface area contributed by atoms with E-state index in [0.29, 0.717) is 0 Å². The van der Waals surface area contributed by atoms with E-state index in [2.05, 4.69) is 0 Å². The molecule has 1 rings (SSSR count). The predicted octanol–water partition coefficient (Wildman–Crippen LogP) is -2.43. The van der Waals surface area contributed by atoms with Crippen LogP contribution >= 0.6 is 0 Å². The molecule has 5 heteroatoms. The summed E-state index contributed by atoms with van der Waals surface area (Å²) in [4.78, 5) is 11.0. The van der Waals surface area contributed by atoms with Gasteiger partial charge in [-0.25, -0.2) is 0 Å². The van der Waals surface area contributed by atoms with Crippen molar-refractivity contribution in [3.8, 4) is 0 Å². The number of carbonyl (C=O) groups excluding carboxylic acids is 1. The van der Waals surface area contributed by atoms with Gasteiger partial charge in [-0.2, -0.15) is 0 Å². The smallest absolute Gasteiger partial charge is 0.192 e. The summed E-state index contributed by atoms with van der Waals surface area (Å²) in [5.74, 6) is -0.740. The van der Waals surface area contributed by atoms with Crippen LogP contribution in [0.4, 0.5) is 0 Å². The van der Waals surface area contributed by atoms with Crippen LogP contribution in [0.5, 0.6) is 0 Å². The Hall–Kier alpha value is -0.750. The summed E-state index contributed by atoms with van der Waals surface area (Å²) >= 11 is 0. The van der Waals surface area contributed by atoms with Crippen LogP contribution in [0.2, 0.25) is 0 Å². The minimum absolute atomic E-state index is 0.0692. The third kappa shape index (κ3) is 1.39. The van der Waals surface area contributed by atoms with Crippen molar-refractivity contribution in [1.29, 1.82) is 0 Å².